The molecule has 164 valence electrons. The molecule has 6 nitrogen and oxygen atoms in total. The van der Waals surface area contributed by atoms with Crippen LogP contribution in [0.2, 0.25) is 0 Å². The van der Waals surface area contributed by atoms with Crippen molar-refractivity contribution in [1.82, 2.24) is 15.6 Å². The van der Waals surface area contributed by atoms with Gasteiger partial charge in [-0.15, -0.1) is 0 Å². The quantitative estimate of drug-likeness (QED) is 0.358. The van der Waals surface area contributed by atoms with Crippen LogP contribution in [-0.4, -0.2) is 36.9 Å². The van der Waals surface area contributed by atoms with E-state index in [0.29, 0.717) is 23.6 Å². The lowest BCUT2D eigenvalue weighted by Gasteiger charge is -2.14. The maximum absolute atomic E-state index is 12.5. The summed E-state index contributed by atoms with van der Waals surface area (Å²) in [6, 6.07) is 9.32. The second kappa shape index (κ2) is 11.2. The highest BCUT2D eigenvalue weighted by molar-refractivity contribution is 5.79. The summed E-state index contributed by atoms with van der Waals surface area (Å²) in [5, 5.41) is 6.00. The fourth-order valence-corrected chi connectivity index (χ4v) is 2.34. The van der Waals surface area contributed by atoms with Crippen LogP contribution in [0.25, 0.3) is 0 Å². The molecule has 0 fully saturated rings. The predicted molar refractivity (Wildman–Crippen MR) is 101 cm³/mol. The van der Waals surface area contributed by atoms with Gasteiger partial charge in [0.25, 0.3) is 0 Å². The molecule has 0 radical (unpaired) electrons. The number of alkyl halides is 5. The van der Waals surface area contributed by atoms with Gasteiger partial charge in [0.2, 0.25) is 5.88 Å². The van der Waals surface area contributed by atoms with E-state index in [9.17, 15) is 22.0 Å². The van der Waals surface area contributed by atoms with Crippen LogP contribution in [0.3, 0.4) is 0 Å². The summed E-state index contributed by atoms with van der Waals surface area (Å²) >= 11 is 0. The highest BCUT2D eigenvalue weighted by atomic mass is 19.4. The van der Waals surface area contributed by atoms with Crippen molar-refractivity contribution >= 4 is 5.96 Å². The molecule has 2 aromatic rings. The smallest absolute Gasteiger partial charge is 0.422 e. The Kier molecular flexibility index (Phi) is 8.63. The van der Waals surface area contributed by atoms with E-state index < -0.39 is 19.4 Å². The standard InChI is InChI=1S/C19H21F5N4O2/c1-2-25-18(28-11-14-5-3-4-6-15(14)30-17(20)21)27-10-13-7-8-26-16(9-13)29-12-19(22,23)24/h3-9,17H,2,10-12H2,1H3,(H2,25,27,28). The van der Waals surface area contributed by atoms with Crippen LogP contribution in [0.5, 0.6) is 11.6 Å². The monoisotopic (exact) mass is 432 g/mol. The minimum Gasteiger partial charge on any atom is -0.468 e. The van der Waals surface area contributed by atoms with Gasteiger partial charge in [-0.2, -0.15) is 22.0 Å². The second-order valence-electron chi connectivity index (χ2n) is 5.94. The second-order valence-corrected chi connectivity index (χ2v) is 5.94. The van der Waals surface area contributed by atoms with E-state index in [0.717, 1.165) is 0 Å². The van der Waals surface area contributed by atoms with Gasteiger partial charge < -0.3 is 20.1 Å². The Morgan fingerprint density at radius 2 is 1.93 bits per heavy atom. The summed E-state index contributed by atoms with van der Waals surface area (Å²) in [7, 11) is 0. The average Bonchev–Trinajstić information content (AvgIpc) is 2.69. The normalized spacial score (nSPS) is 12.0. The molecule has 1 aromatic heterocycles. The third-order valence-corrected chi connectivity index (χ3v) is 3.58. The number of rotatable bonds is 9. The zero-order chi connectivity index (χ0) is 22.0. The molecular formula is C19H21F5N4O2. The molecule has 0 spiro atoms. The van der Waals surface area contributed by atoms with Crippen LogP contribution in [-0.2, 0) is 13.1 Å². The van der Waals surface area contributed by atoms with Crippen molar-refractivity contribution < 1.29 is 31.4 Å². The van der Waals surface area contributed by atoms with E-state index in [4.69, 9.17) is 0 Å². The van der Waals surface area contributed by atoms with Gasteiger partial charge in [-0.1, -0.05) is 18.2 Å². The Bertz CT molecular complexity index is 831. The van der Waals surface area contributed by atoms with Crippen LogP contribution in [0.4, 0.5) is 22.0 Å². The van der Waals surface area contributed by atoms with Gasteiger partial charge in [0.1, 0.15) is 5.75 Å². The minimum absolute atomic E-state index is 0.0523. The predicted octanol–water partition coefficient (Wildman–Crippen LogP) is 3.88. The van der Waals surface area contributed by atoms with Crippen molar-refractivity contribution in [3.05, 3.63) is 53.7 Å². The number of pyridine rings is 1. The lowest BCUT2D eigenvalue weighted by molar-refractivity contribution is -0.154. The van der Waals surface area contributed by atoms with Crippen molar-refractivity contribution in [2.24, 2.45) is 4.99 Å². The minimum atomic E-state index is -4.46. The average molecular weight is 432 g/mol. The lowest BCUT2D eigenvalue weighted by atomic mass is 10.2. The number of aliphatic imine (C=N–C) groups is 1. The van der Waals surface area contributed by atoms with E-state index in [-0.39, 0.29) is 24.7 Å². The van der Waals surface area contributed by atoms with Gasteiger partial charge in [-0.3, -0.25) is 0 Å². The van der Waals surface area contributed by atoms with Crippen molar-refractivity contribution in [1.29, 1.82) is 0 Å². The van der Waals surface area contributed by atoms with E-state index >= 15 is 0 Å². The summed E-state index contributed by atoms with van der Waals surface area (Å²) in [5.74, 6) is 0.284. The molecule has 30 heavy (non-hydrogen) atoms. The van der Waals surface area contributed by atoms with Crippen LogP contribution in [0, 0.1) is 0 Å². The molecule has 11 heteroatoms. The highest BCUT2D eigenvalue weighted by Gasteiger charge is 2.28. The number of hydrogen-bond acceptors (Lipinski definition) is 4. The van der Waals surface area contributed by atoms with Crippen LogP contribution < -0.4 is 20.1 Å². The molecule has 0 aliphatic heterocycles. The fraction of sp³-hybridized carbons (Fsp3) is 0.368. The van der Waals surface area contributed by atoms with Gasteiger partial charge in [0.15, 0.2) is 12.6 Å². The summed E-state index contributed by atoms with van der Waals surface area (Å²) < 4.78 is 71.0. The molecule has 0 saturated carbocycles. The molecule has 2 N–H and O–H groups in total. The molecule has 0 amide bonds. The number of benzene rings is 1. The zero-order valence-corrected chi connectivity index (χ0v) is 16.0. The maximum atomic E-state index is 12.5. The van der Waals surface area contributed by atoms with Gasteiger partial charge >= 0.3 is 12.8 Å². The third-order valence-electron chi connectivity index (χ3n) is 3.58. The Labute approximate surface area is 170 Å². The first kappa shape index (κ1) is 23.2. The van der Waals surface area contributed by atoms with Crippen LogP contribution in [0.15, 0.2) is 47.6 Å². The SMILES string of the molecule is CCNC(=NCc1ccnc(OCC(F)(F)F)c1)NCc1ccccc1OC(F)F. The van der Waals surface area contributed by atoms with Gasteiger partial charge in [0, 0.05) is 30.9 Å². The molecule has 0 saturated heterocycles. The topological polar surface area (TPSA) is 67.8 Å². The Balaban J connectivity index is 2.01. The molecule has 0 bridgehead atoms. The van der Waals surface area contributed by atoms with Gasteiger partial charge in [-0.25, -0.2) is 9.98 Å². The number of para-hydroxylation sites is 1. The lowest BCUT2D eigenvalue weighted by Crippen LogP contribution is -2.36. The number of halogens is 5. The Morgan fingerprint density at radius 1 is 1.17 bits per heavy atom. The first-order valence-corrected chi connectivity index (χ1v) is 8.96. The van der Waals surface area contributed by atoms with E-state index in [2.05, 4.69) is 30.1 Å². The first-order valence-electron chi connectivity index (χ1n) is 8.96. The molecule has 1 aromatic carbocycles. The van der Waals surface area contributed by atoms with Crippen molar-refractivity contribution in [2.45, 2.75) is 32.8 Å². The number of nitrogens with one attached hydrogen (secondary N) is 2. The van der Waals surface area contributed by atoms with Gasteiger partial charge in [-0.05, 0) is 24.6 Å². The number of ether oxygens (including phenoxy) is 2. The molecular weight excluding hydrogens is 411 g/mol. The Morgan fingerprint density at radius 3 is 2.63 bits per heavy atom. The highest BCUT2D eigenvalue weighted by Crippen LogP contribution is 2.20. The number of guanidine groups is 1. The number of hydrogen-bond donors (Lipinski definition) is 2. The first-order chi connectivity index (χ1) is 14.3. The van der Waals surface area contributed by atoms with Crippen molar-refractivity contribution in [3.8, 4) is 11.6 Å². The van der Waals surface area contributed by atoms with E-state index in [1.165, 1.54) is 18.3 Å². The Hall–Kier alpha value is -3.11. The molecule has 0 unspecified atom stereocenters. The van der Waals surface area contributed by atoms with E-state index in [1.54, 1.807) is 24.3 Å². The number of nitrogens with zero attached hydrogens (tertiary/aromatic N) is 2. The van der Waals surface area contributed by atoms with Gasteiger partial charge in [0.05, 0.1) is 6.54 Å². The molecule has 0 aliphatic carbocycles. The maximum Gasteiger partial charge on any atom is 0.422 e. The largest absolute Gasteiger partial charge is 0.468 e. The van der Waals surface area contributed by atoms with Crippen molar-refractivity contribution in [3.63, 3.8) is 0 Å². The summed E-state index contributed by atoms with van der Waals surface area (Å²) in [6.07, 6.45) is -3.13. The van der Waals surface area contributed by atoms with Crippen LogP contribution >= 0.6 is 0 Å². The van der Waals surface area contributed by atoms with Crippen molar-refractivity contribution in [2.75, 3.05) is 13.2 Å². The third kappa shape index (κ3) is 8.50. The summed E-state index contributed by atoms with van der Waals surface area (Å²) in [6.45, 7) is -1.68. The zero-order valence-electron chi connectivity index (χ0n) is 16.0. The molecule has 0 atom stereocenters. The fourth-order valence-electron chi connectivity index (χ4n) is 2.34. The molecule has 1 heterocycles. The van der Waals surface area contributed by atoms with Crippen LogP contribution in [0.1, 0.15) is 18.1 Å². The summed E-state index contributed by atoms with van der Waals surface area (Å²) in [5.41, 5.74) is 1.09. The number of aromatic nitrogens is 1. The summed E-state index contributed by atoms with van der Waals surface area (Å²) in [4.78, 5) is 8.08. The molecule has 2 rings (SSSR count). The molecule has 0 aliphatic rings. The van der Waals surface area contributed by atoms with E-state index in [1.807, 2.05) is 6.92 Å².